The van der Waals surface area contributed by atoms with E-state index in [-0.39, 0.29) is 6.29 Å². The number of carbonyl (C=O) groups is 1. The SMILES string of the molecule is CC.CO.CSN1CCN(c2ccc(N3C[C@]4(C)CN(C)C[C@]4(C)C3)cc2)CC1.NCCSC(F)C=O. The first kappa shape index (κ1) is 34.0. The van der Waals surface area contributed by atoms with Crippen LogP contribution >= 0.6 is 23.7 Å². The molecule has 4 rings (SSSR count). The van der Waals surface area contributed by atoms with Gasteiger partial charge in [-0.1, -0.05) is 39.6 Å². The summed E-state index contributed by atoms with van der Waals surface area (Å²) in [4.78, 5) is 17.2. The fourth-order valence-electron chi connectivity index (χ4n) is 5.41. The van der Waals surface area contributed by atoms with Crippen LogP contribution in [0.15, 0.2) is 24.3 Å². The number of carbonyl (C=O) groups excluding carboxylic acids is 1. The van der Waals surface area contributed by atoms with Crippen LogP contribution in [-0.2, 0) is 4.79 Å². The number of halogens is 1. The first-order chi connectivity index (χ1) is 17.7. The smallest absolute Gasteiger partial charge is 0.201 e. The van der Waals surface area contributed by atoms with E-state index in [1.165, 1.54) is 37.6 Å². The van der Waals surface area contributed by atoms with Crippen molar-refractivity contribution in [3.63, 3.8) is 0 Å². The van der Waals surface area contributed by atoms with Crippen molar-refractivity contribution >= 4 is 41.4 Å². The standard InChI is InChI=1S/C20H32N4S.C4H8FNOS.C2H6.CH4O/c1-19-13-21(3)14-20(19,2)16-23(15-19)18-7-5-17(6-8-18)22-9-11-24(25-4)12-10-22;5-4(3-7)8-2-1-6;2*1-2/h5-8H,9-16H2,1-4H3;3-4H,1-2,6H2;1-2H3;2H,1H3/t19-,20+;;;. The maximum absolute atomic E-state index is 11.9. The van der Waals surface area contributed by atoms with Gasteiger partial charge >= 0.3 is 0 Å². The predicted octanol–water partition coefficient (Wildman–Crippen LogP) is 3.67. The fraction of sp³-hybridized carbons (Fsp3) is 0.741. The van der Waals surface area contributed by atoms with E-state index in [2.05, 4.69) is 70.4 Å². The summed E-state index contributed by atoms with van der Waals surface area (Å²) in [6, 6.07) is 9.34. The summed E-state index contributed by atoms with van der Waals surface area (Å²) in [5.41, 5.74) is 7.23. The number of thioether (sulfide) groups is 1. The molecule has 0 radical (unpaired) electrons. The van der Waals surface area contributed by atoms with Gasteiger partial charge in [0.1, 0.15) is 0 Å². The molecule has 10 heteroatoms. The second kappa shape index (κ2) is 16.8. The van der Waals surface area contributed by atoms with Crippen LogP contribution in [-0.4, -0.2) is 111 Å². The number of nitrogens with two attached hydrogens (primary N) is 1. The van der Waals surface area contributed by atoms with Crippen molar-refractivity contribution in [2.75, 3.05) is 94.9 Å². The van der Waals surface area contributed by atoms with Crippen LogP contribution in [0.25, 0.3) is 0 Å². The molecular weight excluding hydrogens is 509 g/mol. The van der Waals surface area contributed by atoms with E-state index in [1.54, 1.807) is 0 Å². The predicted molar refractivity (Wildman–Crippen MR) is 162 cm³/mol. The maximum atomic E-state index is 11.9. The molecule has 0 bridgehead atoms. The molecule has 0 aromatic heterocycles. The Bertz CT molecular complexity index is 750. The lowest BCUT2D eigenvalue weighted by molar-refractivity contribution is -0.109. The van der Waals surface area contributed by atoms with Gasteiger partial charge in [-0.05, 0) is 37.6 Å². The van der Waals surface area contributed by atoms with Crippen molar-refractivity contribution < 1.29 is 14.3 Å². The van der Waals surface area contributed by atoms with Crippen LogP contribution in [0.5, 0.6) is 0 Å². The minimum absolute atomic E-state index is 0.264. The third-order valence-corrected chi connectivity index (χ3v) is 9.14. The zero-order valence-corrected chi connectivity index (χ0v) is 25.6. The summed E-state index contributed by atoms with van der Waals surface area (Å²) in [6.45, 7) is 18.7. The molecule has 3 atom stereocenters. The number of fused-ring (bicyclic) bond motifs is 1. The Labute approximate surface area is 233 Å². The summed E-state index contributed by atoms with van der Waals surface area (Å²) in [6.07, 6.45) is 2.44. The van der Waals surface area contributed by atoms with Gasteiger partial charge in [0.2, 0.25) is 5.50 Å². The number of aldehydes is 1. The minimum Gasteiger partial charge on any atom is -0.400 e. The first-order valence-corrected chi connectivity index (χ1v) is 15.4. The third-order valence-electron chi connectivity index (χ3n) is 7.35. The lowest BCUT2D eigenvalue weighted by Gasteiger charge is -2.35. The maximum Gasteiger partial charge on any atom is 0.201 e. The molecule has 0 amide bonds. The highest BCUT2D eigenvalue weighted by Gasteiger charge is 2.56. The number of benzene rings is 1. The van der Waals surface area contributed by atoms with Crippen LogP contribution in [0.4, 0.5) is 15.8 Å². The Morgan fingerprint density at radius 1 is 0.973 bits per heavy atom. The molecule has 0 spiro atoms. The Morgan fingerprint density at radius 3 is 1.84 bits per heavy atom. The van der Waals surface area contributed by atoms with Crippen molar-refractivity contribution in [2.45, 2.75) is 33.2 Å². The molecule has 3 saturated heterocycles. The van der Waals surface area contributed by atoms with Crippen LogP contribution in [0.3, 0.4) is 0 Å². The molecule has 1 aromatic carbocycles. The molecule has 1 unspecified atom stereocenters. The van der Waals surface area contributed by atoms with Gasteiger partial charge in [-0.3, -0.25) is 4.79 Å². The Hall–Kier alpha value is -1.04. The summed E-state index contributed by atoms with van der Waals surface area (Å²) < 4.78 is 14.3. The Kier molecular flexibility index (Phi) is 15.5. The highest BCUT2D eigenvalue weighted by Crippen LogP contribution is 2.52. The van der Waals surface area contributed by atoms with Crippen LogP contribution in [0.1, 0.15) is 27.7 Å². The summed E-state index contributed by atoms with van der Waals surface area (Å²) in [5, 5.41) is 7.00. The van der Waals surface area contributed by atoms with Gasteiger partial charge in [-0.2, -0.15) is 0 Å². The second-order valence-corrected chi connectivity index (χ2v) is 12.0. The number of rotatable bonds is 7. The molecule has 3 N–H and O–H groups in total. The molecule has 214 valence electrons. The first-order valence-electron chi connectivity index (χ1n) is 13.2. The van der Waals surface area contributed by atoms with Crippen LogP contribution < -0.4 is 15.5 Å². The lowest BCUT2D eigenvalue weighted by atomic mass is 9.71. The molecule has 3 aliphatic heterocycles. The number of likely N-dealkylation sites (tertiary alicyclic amines) is 1. The molecule has 3 aliphatic rings. The number of aliphatic hydroxyl groups excluding tert-OH is 1. The molecular formula is C27H50FN5O2S2. The average Bonchev–Trinajstić information content (AvgIpc) is 3.31. The van der Waals surface area contributed by atoms with Gasteiger partial charge in [0, 0.05) is 94.0 Å². The van der Waals surface area contributed by atoms with E-state index in [0.29, 0.717) is 23.1 Å². The Balaban J connectivity index is 0.000000487. The molecule has 7 nitrogen and oxygen atoms in total. The van der Waals surface area contributed by atoms with Crippen molar-refractivity contribution in [3.05, 3.63) is 24.3 Å². The van der Waals surface area contributed by atoms with Crippen LogP contribution in [0, 0.1) is 10.8 Å². The van der Waals surface area contributed by atoms with E-state index < -0.39 is 5.50 Å². The molecule has 0 aliphatic carbocycles. The minimum atomic E-state index is -1.39. The number of alkyl halides is 1. The molecule has 0 saturated carbocycles. The summed E-state index contributed by atoms with van der Waals surface area (Å²) >= 11 is 2.78. The molecule has 3 heterocycles. The van der Waals surface area contributed by atoms with Crippen molar-refractivity contribution in [1.29, 1.82) is 0 Å². The highest BCUT2D eigenvalue weighted by molar-refractivity contribution is 8.00. The third kappa shape index (κ3) is 9.28. The van der Waals surface area contributed by atoms with E-state index >= 15 is 0 Å². The van der Waals surface area contributed by atoms with Gasteiger partial charge in [0.05, 0.1) is 0 Å². The largest absolute Gasteiger partial charge is 0.400 e. The highest BCUT2D eigenvalue weighted by atomic mass is 32.2. The number of hydrogen-bond donors (Lipinski definition) is 2. The van der Waals surface area contributed by atoms with Gasteiger partial charge in [-0.15, -0.1) is 11.8 Å². The zero-order chi connectivity index (χ0) is 28.1. The Morgan fingerprint density at radius 2 is 1.43 bits per heavy atom. The topological polar surface area (TPSA) is 76.3 Å². The second-order valence-electron chi connectivity index (χ2n) is 9.91. The number of aliphatic hydroxyl groups is 1. The van der Waals surface area contributed by atoms with Gasteiger partial charge < -0.3 is 25.5 Å². The summed E-state index contributed by atoms with van der Waals surface area (Å²) in [7, 11) is 3.27. The number of hydrogen-bond acceptors (Lipinski definition) is 9. The number of nitrogens with zero attached hydrogens (tertiary/aromatic N) is 4. The van der Waals surface area contributed by atoms with Crippen molar-refractivity contribution in [3.8, 4) is 0 Å². The van der Waals surface area contributed by atoms with E-state index in [1.807, 2.05) is 25.8 Å². The number of piperazine rings is 1. The molecule has 37 heavy (non-hydrogen) atoms. The lowest BCUT2D eigenvalue weighted by Crippen LogP contribution is -2.43. The van der Waals surface area contributed by atoms with E-state index in [4.69, 9.17) is 10.8 Å². The van der Waals surface area contributed by atoms with Crippen molar-refractivity contribution in [1.82, 2.24) is 9.21 Å². The van der Waals surface area contributed by atoms with Gasteiger partial charge in [-0.25, -0.2) is 8.70 Å². The molecule has 1 aromatic rings. The monoisotopic (exact) mass is 559 g/mol. The molecule has 3 fully saturated rings. The van der Waals surface area contributed by atoms with Crippen LogP contribution in [0.2, 0.25) is 0 Å². The van der Waals surface area contributed by atoms with Gasteiger partial charge in [0.15, 0.2) is 6.29 Å². The number of anilines is 2. The van der Waals surface area contributed by atoms with Crippen molar-refractivity contribution in [2.24, 2.45) is 16.6 Å². The normalized spacial score (nSPS) is 26.1. The zero-order valence-electron chi connectivity index (χ0n) is 24.0. The quantitative estimate of drug-likeness (QED) is 0.384. The fourth-order valence-corrected chi connectivity index (χ4v) is 6.38. The summed E-state index contributed by atoms with van der Waals surface area (Å²) in [5.74, 6) is 0.500. The van der Waals surface area contributed by atoms with E-state index in [9.17, 15) is 9.18 Å². The average molecular weight is 560 g/mol. The van der Waals surface area contributed by atoms with Gasteiger partial charge in [0.25, 0.3) is 0 Å². The van der Waals surface area contributed by atoms with E-state index in [0.717, 1.165) is 45.1 Å².